The third-order valence-corrected chi connectivity index (χ3v) is 3.10. The van der Waals surface area contributed by atoms with Crippen LogP contribution in [-0.4, -0.2) is 37.5 Å². The van der Waals surface area contributed by atoms with Crippen LogP contribution < -0.4 is 0 Å². The molecule has 7 heteroatoms. The van der Waals surface area contributed by atoms with Crippen LogP contribution >= 0.6 is 0 Å². The number of H-pyrrole nitrogens is 1. The predicted octanol–water partition coefficient (Wildman–Crippen LogP) is 0.795. The third kappa shape index (κ3) is 6.98. The van der Waals surface area contributed by atoms with Crippen molar-refractivity contribution >= 4 is 5.97 Å². The Morgan fingerprint density at radius 1 is 1.23 bits per heavy atom. The second-order valence-electron chi connectivity index (χ2n) is 4.54. The number of carbonyl (C=O) groups is 1. The summed E-state index contributed by atoms with van der Waals surface area (Å²) >= 11 is 0. The molecule has 0 bridgehead atoms. The van der Waals surface area contributed by atoms with E-state index in [1.165, 1.54) is 22.4 Å². The summed E-state index contributed by atoms with van der Waals surface area (Å²) in [5.74, 6) is -0.451. The van der Waals surface area contributed by atoms with Crippen molar-refractivity contribution in [2.75, 3.05) is 0 Å². The summed E-state index contributed by atoms with van der Waals surface area (Å²) in [7, 11) is 0. The molecule has 1 heterocycles. The fourth-order valence-electron chi connectivity index (χ4n) is 1.91. The highest BCUT2D eigenvalue weighted by atomic mass is 16.4. The largest absolute Gasteiger partial charge is 0.481 e. The van der Waals surface area contributed by atoms with Gasteiger partial charge in [0.25, 0.3) is 5.97 Å². The lowest BCUT2D eigenvalue weighted by Crippen LogP contribution is -2.00. The zero-order valence-electron chi connectivity index (χ0n) is 13.3. The van der Waals surface area contributed by atoms with Gasteiger partial charge in [-0.05, 0) is 30.5 Å². The van der Waals surface area contributed by atoms with Crippen molar-refractivity contribution in [3.63, 3.8) is 0 Å². The number of rotatable bonds is 2. The van der Waals surface area contributed by atoms with Gasteiger partial charge in [-0.15, -0.1) is 0 Å². The Morgan fingerprint density at radius 2 is 1.77 bits per heavy atom. The van der Waals surface area contributed by atoms with Crippen LogP contribution in [-0.2, 0) is 4.79 Å². The zero-order valence-corrected chi connectivity index (χ0v) is 13.3. The number of hydrogen-bond acceptors (Lipinski definition) is 2. The van der Waals surface area contributed by atoms with Gasteiger partial charge in [0.2, 0.25) is 0 Å². The predicted molar refractivity (Wildman–Crippen MR) is 86.2 cm³/mol. The number of aromatic amines is 1. The molecule has 0 aliphatic carbocycles. The molecule has 1 unspecified atom stereocenters. The minimum atomic E-state index is -0.833. The second kappa shape index (κ2) is 11.4. The van der Waals surface area contributed by atoms with E-state index in [1.807, 2.05) is 6.20 Å². The number of hydrogen-bond donors (Lipinski definition) is 2. The molecular weight excluding hydrogens is 288 g/mol. The summed E-state index contributed by atoms with van der Waals surface area (Å²) in [6.45, 7) is 7.62. The highest BCUT2D eigenvalue weighted by Gasteiger charge is 2.12. The smallest absolute Gasteiger partial charge is 0.300 e. The molecule has 1 atom stereocenters. The van der Waals surface area contributed by atoms with E-state index in [1.54, 1.807) is 6.33 Å². The first-order valence-electron chi connectivity index (χ1n) is 6.17. The van der Waals surface area contributed by atoms with Crippen LogP contribution in [0.15, 0.2) is 30.7 Å². The highest BCUT2D eigenvalue weighted by Crippen LogP contribution is 2.26. The number of aryl methyl sites for hydroxylation is 1. The van der Waals surface area contributed by atoms with Gasteiger partial charge in [0, 0.05) is 24.7 Å². The van der Waals surface area contributed by atoms with E-state index in [9.17, 15) is 0 Å². The standard InChI is InChI=1S/C13H16N2.C2H4O2.3H2O/c1-9-5-4-6-12(10(9)2)11(3)13-7-14-8-15-13;1-2(3)4;;;/h4-8,11H,1-3H3,(H,14,15);1H3,(H,3,4);3*1H2. The molecule has 126 valence electrons. The summed E-state index contributed by atoms with van der Waals surface area (Å²) < 4.78 is 0. The second-order valence-corrected chi connectivity index (χ2v) is 4.54. The average molecular weight is 314 g/mol. The number of benzene rings is 1. The molecular formula is C15H26N2O5. The molecule has 0 saturated carbocycles. The van der Waals surface area contributed by atoms with E-state index in [0.29, 0.717) is 5.92 Å². The molecule has 0 aliphatic heterocycles. The van der Waals surface area contributed by atoms with Gasteiger partial charge in [-0.3, -0.25) is 4.79 Å². The lowest BCUT2D eigenvalue weighted by Gasteiger charge is -2.14. The summed E-state index contributed by atoms with van der Waals surface area (Å²) in [5, 5.41) is 7.42. The van der Waals surface area contributed by atoms with E-state index in [-0.39, 0.29) is 16.4 Å². The fraction of sp³-hybridized carbons (Fsp3) is 0.333. The van der Waals surface area contributed by atoms with Gasteiger partial charge in [-0.25, -0.2) is 4.98 Å². The number of carboxylic acid groups (broad SMARTS) is 1. The molecule has 0 aliphatic rings. The molecule has 0 fully saturated rings. The maximum atomic E-state index is 9.00. The maximum Gasteiger partial charge on any atom is 0.300 e. The Morgan fingerprint density at radius 3 is 2.23 bits per heavy atom. The van der Waals surface area contributed by atoms with Crippen LogP contribution in [0.25, 0.3) is 0 Å². The van der Waals surface area contributed by atoms with Crippen LogP contribution in [0.5, 0.6) is 0 Å². The van der Waals surface area contributed by atoms with Crippen LogP contribution in [0.1, 0.15) is 42.1 Å². The van der Waals surface area contributed by atoms with E-state index in [4.69, 9.17) is 9.90 Å². The highest BCUT2D eigenvalue weighted by molar-refractivity contribution is 5.62. The minimum absolute atomic E-state index is 0. The van der Waals surface area contributed by atoms with Gasteiger partial charge >= 0.3 is 0 Å². The van der Waals surface area contributed by atoms with Crippen LogP contribution in [0.3, 0.4) is 0 Å². The van der Waals surface area contributed by atoms with Crippen molar-refractivity contribution in [2.24, 2.45) is 0 Å². The summed E-state index contributed by atoms with van der Waals surface area (Å²) in [6.07, 6.45) is 3.63. The molecule has 0 amide bonds. The van der Waals surface area contributed by atoms with Crippen LogP contribution in [0, 0.1) is 13.8 Å². The fourth-order valence-corrected chi connectivity index (χ4v) is 1.91. The van der Waals surface area contributed by atoms with Gasteiger partial charge in [0.05, 0.1) is 6.33 Å². The Bertz CT molecular complexity index is 537. The van der Waals surface area contributed by atoms with Gasteiger partial charge in [-0.2, -0.15) is 0 Å². The molecule has 0 spiro atoms. The number of carboxylic acids is 1. The normalized spacial score (nSPS) is 9.82. The van der Waals surface area contributed by atoms with E-state index in [0.717, 1.165) is 6.92 Å². The van der Waals surface area contributed by atoms with Crippen LogP contribution in [0.2, 0.25) is 0 Å². The Labute approximate surface area is 130 Å². The monoisotopic (exact) mass is 314 g/mol. The number of imidazole rings is 1. The van der Waals surface area contributed by atoms with Gasteiger partial charge < -0.3 is 26.5 Å². The van der Waals surface area contributed by atoms with E-state index >= 15 is 0 Å². The number of nitrogens with zero attached hydrogens (tertiary/aromatic N) is 1. The van der Waals surface area contributed by atoms with Crippen molar-refractivity contribution in [3.8, 4) is 0 Å². The maximum absolute atomic E-state index is 9.00. The first-order valence-corrected chi connectivity index (χ1v) is 6.17. The Kier molecular flexibility index (Phi) is 12.9. The van der Waals surface area contributed by atoms with Crippen molar-refractivity contribution in [1.29, 1.82) is 0 Å². The average Bonchev–Trinajstić information content (AvgIpc) is 2.85. The van der Waals surface area contributed by atoms with Crippen molar-refractivity contribution in [1.82, 2.24) is 9.97 Å². The molecule has 8 N–H and O–H groups in total. The van der Waals surface area contributed by atoms with Crippen LogP contribution in [0.4, 0.5) is 0 Å². The van der Waals surface area contributed by atoms with Crippen molar-refractivity contribution < 1.29 is 26.3 Å². The minimum Gasteiger partial charge on any atom is -0.481 e. The lowest BCUT2D eigenvalue weighted by molar-refractivity contribution is -0.134. The third-order valence-electron chi connectivity index (χ3n) is 3.10. The number of nitrogens with one attached hydrogen (secondary N) is 1. The summed E-state index contributed by atoms with van der Waals surface area (Å²) in [6, 6.07) is 6.46. The number of aliphatic carboxylic acids is 1. The molecule has 0 radical (unpaired) electrons. The van der Waals surface area contributed by atoms with Crippen molar-refractivity contribution in [2.45, 2.75) is 33.6 Å². The summed E-state index contributed by atoms with van der Waals surface area (Å²) in [5.41, 5.74) is 5.27. The number of aromatic nitrogens is 2. The van der Waals surface area contributed by atoms with Gasteiger partial charge in [0.1, 0.15) is 0 Å². The first kappa shape index (κ1) is 24.8. The van der Waals surface area contributed by atoms with Gasteiger partial charge in [0.15, 0.2) is 0 Å². The molecule has 2 aromatic rings. The topological polar surface area (TPSA) is 160 Å². The Hall–Kier alpha value is -2.22. The zero-order chi connectivity index (χ0) is 14.4. The molecule has 7 nitrogen and oxygen atoms in total. The van der Waals surface area contributed by atoms with E-state index in [2.05, 4.69) is 48.9 Å². The summed E-state index contributed by atoms with van der Waals surface area (Å²) in [4.78, 5) is 16.2. The molecule has 1 aromatic carbocycles. The van der Waals surface area contributed by atoms with Crippen molar-refractivity contribution in [3.05, 3.63) is 53.1 Å². The Balaban J connectivity index is -0.000000466. The lowest BCUT2D eigenvalue weighted by atomic mass is 9.92. The molecule has 1 aromatic heterocycles. The molecule has 2 rings (SSSR count). The quantitative estimate of drug-likeness (QED) is 0.839. The van der Waals surface area contributed by atoms with E-state index < -0.39 is 5.97 Å². The molecule has 0 saturated heterocycles. The van der Waals surface area contributed by atoms with Gasteiger partial charge in [-0.1, -0.05) is 25.1 Å². The molecule has 22 heavy (non-hydrogen) atoms. The first-order chi connectivity index (χ1) is 8.93. The SMILES string of the molecule is CC(=O)O.Cc1cccc(C(C)c2cnc[nH]2)c1C.O.O.O.